The molecule has 0 bridgehead atoms. The van der Waals surface area contributed by atoms with Crippen LogP contribution in [-0.2, 0) is 10.0 Å². The van der Waals surface area contributed by atoms with E-state index in [9.17, 15) is 13.2 Å². The van der Waals surface area contributed by atoms with Gasteiger partial charge in [-0.1, -0.05) is 0 Å². The molecule has 0 spiro atoms. The summed E-state index contributed by atoms with van der Waals surface area (Å²) in [6, 6.07) is 6.31. The summed E-state index contributed by atoms with van der Waals surface area (Å²) in [4.78, 5) is 12.3. The van der Waals surface area contributed by atoms with E-state index in [4.69, 9.17) is 9.15 Å². The Kier molecular flexibility index (Phi) is 4.65. The van der Waals surface area contributed by atoms with E-state index in [0.717, 1.165) is 6.26 Å². The van der Waals surface area contributed by atoms with Crippen molar-refractivity contribution in [3.05, 3.63) is 41.3 Å². The third-order valence-corrected chi connectivity index (χ3v) is 3.63. The third-order valence-electron chi connectivity index (χ3n) is 3.04. The lowest BCUT2D eigenvalue weighted by Gasteiger charge is -2.12. The summed E-state index contributed by atoms with van der Waals surface area (Å²) >= 11 is 0. The summed E-state index contributed by atoms with van der Waals surface area (Å²) in [6.45, 7) is 3.46. The van der Waals surface area contributed by atoms with E-state index in [1.54, 1.807) is 32.0 Å². The van der Waals surface area contributed by atoms with E-state index in [2.05, 4.69) is 10.0 Å². The summed E-state index contributed by atoms with van der Waals surface area (Å²) in [5.41, 5.74) is 1.10. The Labute approximate surface area is 134 Å². The number of aryl methyl sites for hydroxylation is 2. The molecule has 0 aliphatic rings. The number of furan rings is 1. The number of ether oxygens (including phenoxy) is 1. The molecule has 0 unspecified atom stereocenters. The van der Waals surface area contributed by atoms with Gasteiger partial charge in [-0.15, -0.1) is 0 Å². The maximum Gasteiger partial charge on any atom is 0.259 e. The number of carbonyl (C=O) groups is 1. The second kappa shape index (κ2) is 6.33. The first kappa shape index (κ1) is 16.9. The van der Waals surface area contributed by atoms with Crippen LogP contribution in [-0.4, -0.2) is 27.7 Å². The van der Waals surface area contributed by atoms with Gasteiger partial charge in [-0.3, -0.25) is 9.52 Å². The number of amides is 1. The van der Waals surface area contributed by atoms with E-state index < -0.39 is 10.0 Å². The van der Waals surface area contributed by atoms with Crippen molar-refractivity contribution in [2.24, 2.45) is 0 Å². The lowest BCUT2D eigenvalue weighted by Crippen LogP contribution is -2.14. The molecule has 0 fully saturated rings. The number of benzene rings is 1. The maximum absolute atomic E-state index is 12.3. The normalized spacial score (nSPS) is 11.1. The van der Waals surface area contributed by atoms with Gasteiger partial charge in [0.1, 0.15) is 17.3 Å². The summed E-state index contributed by atoms with van der Waals surface area (Å²) in [5, 5.41) is 2.70. The lowest BCUT2D eigenvalue weighted by atomic mass is 10.2. The highest BCUT2D eigenvalue weighted by molar-refractivity contribution is 7.92. The zero-order chi connectivity index (χ0) is 17.2. The van der Waals surface area contributed by atoms with Crippen molar-refractivity contribution in [2.45, 2.75) is 13.8 Å². The van der Waals surface area contributed by atoms with Crippen LogP contribution in [0.15, 0.2) is 28.7 Å². The second-order valence-electron chi connectivity index (χ2n) is 5.07. The van der Waals surface area contributed by atoms with E-state index in [1.807, 2.05) is 0 Å². The van der Waals surface area contributed by atoms with Crippen molar-refractivity contribution < 1.29 is 22.4 Å². The molecule has 0 radical (unpaired) electrons. The van der Waals surface area contributed by atoms with Crippen LogP contribution in [0.25, 0.3) is 0 Å². The van der Waals surface area contributed by atoms with Gasteiger partial charge in [-0.05, 0) is 38.1 Å². The van der Waals surface area contributed by atoms with Crippen LogP contribution in [0.1, 0.15) is 21.9 Å². The predicted molar refractivity (Wildman–Crippen MR) is 87.6 cm³/mol. The third kappa shape index (κ3) is 4.26. The number of methoxy groups -OCH3 is 1. The SMILES string of the molecule is COc1ccc(NC(=O)c2cc(C)oc2C)cc1NS(C)(=O)=O. The van der Waals surface area contributed by atoms with Crippen molar-refractivity contribution >= 4 is 27.3 Å². The molecular weight excluding hydrogens is 320 g/mol. The molecule has 2 N–H and O–H groups in total. The Balaban J connectivity index is 2.28. The molecule has 2 aromatic rings. The number of hydrogen-bond donors (Lipinski definition) is 2. The van der Waals surface area contributed by atoms with E-state index in [1.165, 1.54) is 13.2 Å². The fourth-order valence-electron chi connectivity index (χ4n) is 2.12. The van der Waals surface area contributed by atoms with Gasteiger partial charge >= 0.3 is 0 Å². The fourth-order valence-corrected chi connectivity index (χ4v) is 2.68. The van der Waals surface area contributed by atoms with Crippen molar-refractivity contribution in [1.29, 1.82) is 0 Å². The van der Waals surface area contributed by atoms with Crippen molar-refractivity contribution in [1.82, 2.24) is 0 Å². The minimum atomic E-state index is -3.47. The maximum atomic E-state index is 12.3. The standard InChI is InChI=1S/C15H18N2O5S/c1-9-7-12(10(2)22-9)15(18)16-11-5-6-14(21-3)13(8-11)17-23(4,19)20/h5-8,17H,1-4H3,(H,16,18). The van der Waals surface area contributed by atoms with Gasteiger partial charge in [-0.25, -0.2) is 8.42 Å². The Bertz CT molecular complexity index is 840. The summed E-state index contributed by atoms with van der Waals surface area (Å²) < 4.78 is 35.6. The molecule has 0 saturated carbocycles. The highest BCUT2D eigenvalue weighted by Crippen LogP contribution is 2.29. The molecule has 7 nitrogen and oxygen atoms in total. The van der Waals surface area contributed by atoms with Gasteiger partial charge in [-0.2, -0.15) is 0 Å². The number of sulfonamides is 1. The molecule has 8 heteroatoms. The smallest absolute Gasteiger partial charge is 0.259 e. The van der Waals surface area contributed by atoms with E-state index >= 15 is 0 Å². The predicted octanol–water partition coefficient (Wildman–Crippen LogP) is 2.53. The molecule has 1 aromatic heterocycles. The van der Waals surface area contributed by atoms with Gasteiger partial charge in [0, 0.05) is 5.69 Å². The molecule has 0 aliphatic carbocycles. The van der Waals surface area contributed by atoms with Crippen molar-refractivity contribution in [3.8, 4) is 5.75 Å². The van der Waals surface area contributed by atoms with Crippen molar-refractivity contribution in [3.63, 3.8) is 0 Å². The molecule has 0 saturated heterocycles. The quantitative estimate of drug-likeness (QED) is 0.873. The summed E-state index contributed by atoms with van der Waals surface area (Å²) in [7, 11) is -2.04. The van der Waals surface area contributed by atoms with Crippen LogP contribution in [0.4, 0.5) is 11.4 Å². The first-order valence-corrected chi connectivity index (χ1v) is 8.63. The molecule has 1 amide bonds. The number of nitrogens with one attached hydrogen (secondary N) is 2. The summed E-state index contributed by atoms with van der Waals surface area (Å²) in [5.74, 6) is 1.17. The summed E-state index contributed by atoms with van der Waals surface area (Å²) in [6.07, 6.45) is 1.04. The number of hydrogen-bond acceptors (Lipinski definition) is 5. The molecule has 1 heterocycles. The van der Waals surface area contributed by atoms with Gasteiger partial charge in [0.15, 0.2) is 0 Å². The Morgan fingerprint density at radius 2 is 1.91 bits per heavy atom. The van der Waals surface area contributed by atoms with Crippen molar-refractivity contribution in [2.75, 3.05) is 23.4 Å². The second-order valence-corrected chi connectivity index (χ2v) is 6.82. The van der Waals surface area contributed by atoms with Gasteiger partial charge in [0.2, 0.25) is 10.0 Å². The number of carbonyl (C=O) groups excluding carboxylic acids is 1. The molecule has 23 heavy (non-hydrogen) atoms. The van der Waals surface area contributed by atoms with Gasteiger partial charge in [0.25, 0.3) is 5.91 Å². The molecule has 1 aromatic carbocycles. The monoisotopic (exact) mass is 338 g/mol. The van der Waals surface area contributed by atoms with Crippen LogP contribution >= 0.6 is 0 Å². The highest BCUT2D eigenvalue weighted by Gasteiger charge is 2.15. The number of anilines is 2. The molecule has 0 atom stereocenters. The zero-order valence-electron chi connectivity index (χ0n) is 13.3. The average Bonchev–Trinajstić information content (AvgIpc) is 2.76. The topological polar surface area (TPSA) is 97.6 Å². The van der Waals surface area contributed by atoms with Crippen LogP contribution in [0.3, 0.4) is 0 Å². The van der Waals surface area contributed by atoms with E-state index in [-0.39, 0.29) is 11.6 Å². The Hall–Kier alpha value is -2.48. The molecule has 2 rings (SSSR count). The van der Waals surface area contributed by atoms with Crippen LogP contribution in [0.2, 0.25) is 0 Å². The average molecular weight is 338 g/mol. The van der Waals surface area contributed by atoms with Crippen LogP contribution in [0.5, 0.6) is 5.75 Å². The molecule has 0 aliphatic heterocycles. The minimum Gasteiger partial charge on any atom is -0.495 e. The van der Waals surface area contributed by atoms with Crippen LogP contribution in [0, 0.1) is 13.8 Å². The fraction of sp³-hybridized carbons (Fsp3) is 0.267. The Morgan fingerprint density at radius 1 is 1.22 bits per heavy atom. The van der Waals surface area contributed by atoms with Gasteiger partial charge < -0.3 is 14.5 Å². The minimum absolute atomic E-state index is 0.243. The van der Waals surface area contributed by atoms with Crippen LogP contribution < -0.4 is 14.8 Å². The highest BCUT2D eigenvalue weighted by atomic mass is 32.2. The lowest BCUT2D eigenvalue weighted by molar-refractivity contribution is 0.102. The first-order valence-electron chi connectivity index (χ1n) is 6.74. The largest absolute Gasteiger partial charge is 0.495 e. The number of rotatable bonds is 5. The van der Waals surface area contributed by atoms with E-state index in [0.29, 0.717) is 28.5 Å². The van der Waals surface area contributed by atoms with Gasteiger partial charge in [0.05, 0.1) is 24.6 Å². The molecule has 124 valence electrons. The first-order chi connectivity index (χ1) is 10.7. The Morgan fingerprint density at radius 3 is 2.43 bits per heavy atom. The molecular formula is C15H18N2O5S. The zero-order valence-corrected chi connectivity index (χ0v) is 14.1.